The molecule has 0 bridgehead atoms. The highest BCUT2D eigenvalue weighted by atomic mass is 19.1. The third-order valence-corrected chi connectivity index (χ3v) is 2.54. The molecule has 0 saturated carbocycles. The van der Waals surface area contributed by atoms with Crippen LogP contribution in [0, 0.1) is 17.7 Å². The quantitative estimate of drug-likeness (QED) is 0.675. The number of Topliss-reactive ketones (excluding diaryl/α,β-unsaturated/α-hetero) is 1. The SMILES string of the molecule is CC(C)C(C)C(=O)c1ccc(F)cc1. The number of hydrogen-bond acceptors (Lipinski definition) is 1. The molecule has 0 spiro atoms. The van der Waals surface area contributed by atoms with E-state index in [9.17, 15) is 9.18 Å². The van der Waals surface area contributed by atoms with Crippen LogP contribution in [0.25, 0.3) is 0 Å². The van der Waals surface area contributed by atoms with Crippen molar-refractivity contribution in [3.05, 3.63) is 35.6 Å². The smallest absolute Gasteiger partial charge is 0.165 e. The molecule has 0 N–H and O–H groups in total. The van der Waals surface area contributed by atoms with Gasteiger partial charge in [-0.15, -0.1) is 0 Å². The van der Waals surface area contributed by atoms with Crippen molar-refractivity contribution in [2.24, 2.45) is 11.8 Å². The summed E-state index contributed by atoms with van der Waals surface area (Å²) >= 11 is 0. The first-order chi connectivity index (χ1) is 6.52. The molecule has 0 saturated heterocycles. The van der Waals surface area contributed by atoms with Crippen LogP contribution >= 0.6 is 0 Å². The molecule has 1 aromatic rings. The number of ketones is 1. The van der Waals surface area contributed by atoms with Crippen LogP contribution in [0.1, 0.15) is 31.1 Å². The highest BCUT2D eigenvalue weighted by Gasteiger charge is 2.17. The Morgan fingerprint density at radius 1 is 1.14 bits per heavy atom. The molecular weight excluding hydrogens is 179 g/mol. The summed E-state index contributed by atoms with van der Waals surface area (Å²) in [5, 5.41) is 0. The normalized spacial score (nSPS) is 12.9. The van der Waals surface area contributed by atoms with Crippen molar-refractivity contribution in [1.29, 1.82) is 0 Å². The minimum Gasteiger partial charge on any atom is -0.294 e. The molecule has 1 unspecified atom stereocenters. The number of benzene rings is 1. The fourth-order valence-corrected chi connectivity index (χ4v) is 1.18. The summed E-state index contributed by atoms with van der Waals surface area (Å²) in [6, 6.07) is 5.72. The number of rotatable bonds is 3. The molecule has 0 aliphatic carbocycles. The van der Waals surface area contributed by atoms with Gasteiger partial charge in [-0.3, -0.25) is 4.79 Å². The summed E-state index contributed by atoms with van der Waals surface area (Å²) in [7, 11) is 0. The molecule has 1 rings (SSSR count). The van der Waals surface area contributed by atoms with Gasteiger partial charge >= 0.3 is 0 Å². The van der Waals surface area contributed by atoms with E-state index >= 15 is 0 Å². The summed E-state index contributed by atoms with van der Waals surface area (Å²) < 4.78 is 12.6. The molecule has 0 radical (unpaired) electrons. The summed E-state index contributed by atoms with van der Waals surface area (Å²) in [5.41, 5.74) is 0.590. The summed E-state index contributed by atoms with van der Waals surface area (Å²) in [4.78, 5) is 11.8. The van der Waals surface area contributed by atoms with E-state index in [2.05, 4.69) is 0 Å². The Bertz CT molecular complexity index is 314. The molecule has 2 heteroatoms. The lowest BCUT2D eigenvalue weighted by Crippen LogP contribution is -2.16. The largest absolute Gasteiger partial charge is 0.294 e. The maximum atomic E-state index is 12.6. The van der Waals surface area contributed by atoms with E-state index in [1.54, 1.807) is 0 Å². The lowest BCUT2D eigenvalue weighted by Gasteiger charge is -2.13. The van der Waals surface area contributed by atoms with Crippen molar-refractivity contribution in [2.75, 3.05) is 0 Å². The predicted molar refractivity (Wildman–Crippen MR) is 54.7 cm³/mol. The number of hydrogen-bond donors (Lipinski definition) is 0. The summed E-state index contributed by atoms with van der Waals surface area (Å²) in [6.07, 6.45) is 0. The van der Waals surface area contributed by atoms with E-state index in [4.69, 9.17) is 0 Å². The average Bonchev–Trinajstić information content (AvgIpc) is 2.16. The van der Waals surface area contributed by atoms with Crippen molar-refractivity contribution in [3.63, 3.8) is 0 Å². The third-order valence-electron chi connectivity index (χ3n) is 2.54. The van der Waals surface area contributed by atoms with Crippen LogP contribution in [-0.4, -0.2) is 5.78 Å². The molecule has 1 nitrogen and oxygen atoms in total. The van der Waals surface area contributed by atoms with Gasteiger partial charge in [-0.25, -0.2) is 4.39 Å². The molecule has 76 valence electrons. The first-order valence-electron chi connectivity index (χ1n) is 4.82. The molecule has 0 aliphatic heterocycles. The second-order valence-corrected chi connectivity index (χ2v) is 3.90. The summed E-state index contributed by atoms with van der Waals surface area (Å²) in [5.74, 6) is 0.0757. The van der Waals surface area contributed by atoms with Gasteiger partial charge < -0.3 is 0 Å². The Hall–Kier alpha value is -1.18. The van der Waals surface area contributed by atoms with Crippen LogP contribution in [0.2, 0.25) is 0 Å². The summed E-state index contributed by atoms with van der Waals surface area (Å²) in [6.45, 7) is 5.91. The third kappa shape index (κ3) is 2.41. The zero-order valence-electron chi connectivity index (χ0n) is 8.75. The van der Waals surface area contributed by atoms with E-state index in [0.717, 1.165) is 0 Å². The van der Waals surface area contributed by atoms with Crippen LogP contribution in [-0.2, 0) is 0 Å². The maximum Gasteiger partial charge on any atom is 0.165 e. The molecule has 1 aromatic carbocycles. The lowest BCUT2D eigenvalue weighted by molar-refractivity contribution is 0.0899. The molecule has 0 aliphatic rings. The van der Waals surface area contributed by atoms with Gasteiger partial charge in [0.2, 0.25) is 0 Å². The Morgan fingerprint density at radius 3 is 2.07 bits per heavy atom. The molecular formula is C12H15FO. The first kappa shape index (κ1) is 10.9. The van der Waals surface area contributed by atoms with E-state index < -0.39 is 0 Å². The van der Waals surface area contributed by atoms with Crippen molar-refractivity contribution in [2.45, 2.75) is 20.8 Å². The van der Waals surface area contributed by atoms with Crippen molar-refractivity contribution in [1.82, 2.24) is 0 Å². The zero-order chi connectivity index (χ0) is 10.7. The zero-order valence-corrected chi connectivity index (χ0v) is 8.75. The predicted octanol–water partition coefficient (Wildman–Crippen LogP) is 3.30. The first-order valence-corrected chi connectivity index (χ1v) is 4.82. The van der Waals surface area contributed by atoms with Gasteiger partial charge in [0.15, 0.2) is 5.78 Å². The van der Waals surface area contributed by atoms with Crippen molar-refractivity contribution in [3.8, 4) is 0 Å². The van der Waals surface area contributed by atoms with Gasteiger partial charge in [0.1, 0.15) is 5.82 Å². The second-order valence-electron chi connectivity index (χ2n) is 3.90. The van der Waals surface area contributed by atoms with Gasteiger partial charge in [0.05, 0.1) is 0 Å². The number of halogens is 1. The monoisotopic (exact) mass is 194 g/mol. The van der Waals surface area contributed by atoms with Crippen LogP contribution in [0.4, 0.5) is 4.39 Å². The van der Waals surface area contributed by atoms with Crippen LogP contribution in [0.5, 0.6) is 0 Å². The van der Waals surface area contributed by atoms with Crippen LogP contribution < -0.4 is 0 Å². The fraction of sp³-hybridized carbons (Fsp3) is 0.417. The maximum absolute atomic E-state index is 12.6. The van der Waals surface area contributed by atoms with Gasteiger partial charge in [-0.2, -0.15) is 0 Å². The molecule has 0 aromatic heterocycles. The second kappa shape index (κ2) is 4.36. The van der Waals surface area contributed by atoms with Gasteiger partial charge in [-0.05, 0) is 30.2 Å². The highest BCUT2D eigenvalue weighted by Crippen LogP contribution is 2.16. The average molecular weight is 194 g/mol. The molecule has 0 amide bonds. The topological polar surface area (TPSA) is 17.1 Å². The van der Waals surface area contributed by atoms with E-state index in [1.165, 1.54) is 24.3 Å². The standard InChI is InChI=1S/C12H15FO/c1-8(2)9(3)12(14)10-4-6-11(13)7-5-10/h4-9H,1-3H3. The lowest BCUT2D eigenvalue weighted by atomic mass is 9.90. The van der Waals surface area contributed by atoms with Crippen LogP contribution in [0.3, 0.4) is 0 Å². The van der Waals surface area contributed by atoms with Gasteiger partial charge in [0, 0.05) is 11.5 Å². The fourth-order valence-electron chi connectivity index (χ4n) is 1.18. The van der Waals surface area contributed by atoms with Crippen molar-refractivity contribution >= 4 is 5.78 Å². The van der Waals surface area contributed by atoms with E-state index in [-0.39, 0.29) is 17.5 Å². The minimum absolute atomic E-state index is 0.0135. The Labute approximate surface area is 83.9 Å². The number of carbonyl (C=O) groups is 1. The Kier molecular flexibility index (Phi) is 3.39. The molecule has 14 heavy (non-hydrogen) atoms. The van der Waals surface area contributed by atoms with Crippen LogP contribution in [0.15, 0.2) is 24.3 Å². The minimum atomic E-state index is -0.307. The van der Waals surface area contributed by atoms with Crippen molar-refractivity contribution < 1.29 is 9.18 Å². The van der Waals surface area contributed by atoms with E-state index in [0.29, 0.717) is 11.5 Å². The molecule has 0 heterocycles. The van der Waals surface area contributed by atoms with E-state index in [1.807, 2.05) is 20.8 Å². The molecule has 1 atom stereocenters. The highest BCUT2D eigenvalue weighted by molar-refractivity contribution is 5.97. The van der Waals surface area contributed by atoms with Gasteiger partial charge in [-0.1, -0.05) is 20.8 Å². The Balaban J connectivity index is 2.84. The molecule has 0 fully saturated rings. The Morgan fingerprint density at radius 2 is 1.64 bits per heavy atom. The van der Waals surface area contributed by atoms with Gasteiger partial charge in [0.25, 0.3) is 0 Å². The number of carbonyl (C=O) groups excluding carboxylic acids is 1.